The minimum atomic E-state index is -0.973. The van der Waals surface area contributed by atoms with Crippen molar-refractivity contribution in [1.82, 2.24) is 4.90 Å². The second-order valence-corrected chi connectivity index (χ2v) is 6.07. The molecule has 1 amide bonds. The molecule has 0 aromatic rings. The number of carbonyl (C=O) groups is 2. The van der Waals surface area contributed by atoms with Gasteiger partial charge in [0.05, 0.1) is 13.1 Å². The smallest absolute Gasteiger partial charge is 0.329 e. The average Bonchev–Trinajstić information content (AvgIpc) is 2.79. The topological polar surface area (TPSA) is 66.8 Å². The highest BCUT2D eigenvalue weighted by molar-refractivity contribution is 5.83. The van der Waals surface area contributed by atoms with Gasteiger partial charge in [0, 0.05) is 5.92 Å². The number of carbonyl (C=O) groups excluding carboxylic acids is 1. The van der Waals surface area contributed by atoms with Gasteiger partial charge in [0.25, 0.3) is 0 Å². The zero-order valence-electron chi connectivity index (χ0n) is 10.5. The van der Waals surface area contributed by atoms with E-state index in [-0.39, 0.29) is 23.8 Å². The Balaban J connectivity index is 1.78. The zero-order chi connectivity index (χ0) is 12.8. The van der Waals surface area contributed by atoms with Crippen LogP contribution in [0.5, 0.6) is 0 Å². The molecule has 1 saturated carbocycles. The number of hydrogen-bond acceptors (Lipinski definition) is 3. The summed E-state index contributed by atoms with van der Waals surface area (Å²) in [6.45, 7) is 6.74. The molecule has 1 atom stereocenters. The summed E-state index contributed by atoms with van der Waals surface area (Å²) in [7, 11) is 0. The van der Waals surface area contributed by atoms with E-state index >= 15 is 0 Å². The van der Waals surface area contributed by atoms with Gasteiger partial charge in [0.1, 0.15) is 12.2 Å². The first-order chi connectivity index (χ1) is 7.73. The maximum Gasteiger partial charge on any atom is 0.329 e. The van der Waals surface area contributed by atoms with Crippen molar-refractivity contribution in [3.8, 4) is 0 Å². The van der Waals surface area contributed by atoms with Crippen molar-refractivity contribution in [2.24, 2.45) is 11.3 Å². The molecule has 1 aliphatic carbocycles. The Morgan fingerprint density at radius 3 is 2.29 bits per heavy atom. The van der Waals surface area contributed by atoms with Crippen LogP contribution in [0.4, 0.5) is 0 Å². The Kier molecular flexibility index (Phi) is 2.69. The van der Waals surface area contributed by atoms with Crippen molar-refractivity contribution in [2.75, 3.05) is 19.7 Å². The monoisotopic (exact) mass is 241 g/mol. The van der Waals surface area contributed by atoms with E-state index in [1.807, 2.05) is 6.92 Å². The molecule has 96 valence electrons. The second-order valence-electron chi connectivity index (χ2n) is 6.07. The predicted octanol–water partition coefficient (Wildman–Crippen LogP) is 0.735. The number of carboxylic acids is 1. The Bertz CT molecular complexity index is 358. The molecular formula is C12H19NO4. The Morgan fingerprint density at radius 1 is 1.35 bits per heavy atom. The molecule has 0 radical (unpaired) electrons. The molecule has 1 unspecified atom stereocenters. The lowest BCUT2D eigenvalue weighted by Crippen LogP contribution is -2.63. The molecule has 1 saturated heterocycles. The number of ether oxygens (including phenoxy) is 1. The Hall–Kier alpha value is -1.10. The van der Waals surface area contributed by atoms with Gasteiger partial charge >= 0.3 is 5.97 Å². The zero-order valence-corrected chi connectivity index (χ0v) is 10.5. The molecule has 1 aliphatic heterocycles. The van der Waals surface area contributed by atoms with Crippen LogP contribution >= 0.6 is 0 Å². The molecule has 0 aromatic heterocycles. The summed E-state index contributed by atoms with van der Waals surface area (Å²) in [5, 5.41) is 8.53. The Labute approximate surface area is 101 Å². The first-order valence-electron chi connectivity index (χ1n) is 5.88. The van der Waals surface area contributed by atoms with E-state index in [1.54, 1.807) is 4.90 Å². The molecule has 1 heterocycles. The van der Waals surface area contributed by atoms with Gasteiger partial charge in [0.15, 0.2) is 0 Å². The van der Waals surface area contributed by atoms with Gasteiger partial charge in [-0.1, -0.05) is 13.8 Å². The van der Waals surface area contributed by atoms with Gasteiger partial charge < -0.3 is 14.7 Å². The van der Waals surface area contributed by atoms with Crippen molar-refractivity contribution >= 4 is 11.9 Å². The van der Waals surface area contributed by atoms with Crippen LogP contribution in [-0.4, -0.2) is 47.2 Å². The predicted molar refractivity (Wildman–Crippen MR) is 60.5 cm³/mol. The van der Waals surface area contributed by atoms with Crippen LogP contribution in [0.2, 0.25) is 0 Å². The maximum absolute atomic E-state index is 12.0. The molecule has 1 N–H and O–H groups in total. The highest BCUT2D eigenvalue weighted by Crippen LogP contribution is 2.53. The minimum Gasteiger partial charge on any atom is -0.480 e. The average molecular weight is 241 g/mol. The van der Waals surface area contributed by atoms with Gasteiger partial charge in [0.2, 0.25) is 5.91 Å². The standard InChI is InChI=1S/C12H19NO4/c1-11(2)4-8(11)10(16)13-6-12(3,7-13)17-5-9(14)15/h8H,4-7H2,1-3H3,(H,14,15). The minimum absolute atomic E-state index is 0.144. The molecule has 2 rings (SSSR count). The van der Waals surface area contributed by atoms with E-state index in [0.717, 1.165) is 6.42 Å². The number of rotatable bonds is 4. The molecule has 17 heavy (non-hydrogen) atoms. The molecule has 0 bridgehead atoms. The lowest BCUT2D eigenvalue weighted by Gasteiger charge is -2.47. The van der Waals surface area contributed by atoms with Crippen molar-refractivity contribution < 1.29 is 19.4 Å². The lowest BCUT2D eigenvalue weighted by molar-refractivity contribution is -0.174. The summed E-state index contributed by atoms with van der Waals surface area (Å²) in [5.74, 6) is -0.641. The fraction of sp³-hybridized carbons (Fsp3) is 0.833. The van der Waals surface area contributed by atoms with E-state index in [9.17, 15) is 9.59 Å². The summed E-state index contributed by atoms with van der Waals surface area (Å²) in [4.78, 5) is 24.1. The quantitative estimate of drug-likeness (QED) is 0.788. The van der Waals surface area contributed by atoms with Crippen LogP contribution < -0.4 is 0 Å². The summed E-state index contributed by atoms with van der Waals surface area (Å²) in [6, 6.07) is 0. The highest BCUT2D eigenvalue weighted by Gasteiger charge is 2.55. The number of hydrogen-bond donors (Lipinski definition) is 1. The van der Waals surface area contributed by atoms with Gasteiger partial charge in [-0.15, -0.1) is 0 Å². The summed E-state index contributed by atoms with van der Waals surface area (Å²) in [5.41, 5.74) is -0.335. The molecule has 0 spiro atoms. The van der Waals surface area contributed by atoms with Crippen molar-refractivity contribution in [2.45, 2.75) is 32.8 Å². The first-order valence-corrected chi connectivity index (χ1v) is 5.88. The molecule has 2 fully saturated rings. The van der Waals surface area contributed by atoms with Crippen molar-refractivity contribution in [3.63, 3.8) is 0 Å². The molecule has 5 heteroatoms. The third kappa shape index (κ3) is 2.44. The van der Waals surface area contributed by atoms with Gasteiger partial charge in [-0.05, 0) is 18.8 Å². The largest absolute Gasteiger partial charge is 0.480 e. The number of aliphatic carboxylic acids is 1. The fourth-order valence-corrected chi connectivity index (χ4v) is 2.35. The van der Waals surface area contributed by atoms with Crippen LogP contribution in [0, 0.1) is 11.3 Å². The van der Waals surface area contributed by atoms with Gasteiger partial charge in [-0.2, -0.15) is 0 Å². The molecular weight excluding hydrogens is 222 g/mol. The van der Waals surface area contributed by atoms with Crippen LogP contribution in [0.25, 0.3) is 0 Å². The Morgan fingerprint density at radius 2 is 1.88 bits per heavy atom. The number of amides is 1. The SMILES string of the molecule is CC1(OCC(=O)O)CN(C(=O)C2CC2(C)C)C1. The molecule has 5 nitrogen and oxygen atoms in total. The number of carboxylic acid groups (broad SMARTS) is 1. The summed E-state index contributed by atoms with van der Waals surface area (Å²) >= 11 is 0. The van der Waals surface area contributed by atoms with Crippen LogP contribution in [0.1, 0.15) is 27.2 Å². The van der Waals surface area contributed by atoms with Crippen LogP contribution in [0.15, 0.2) is 0 Å². The molecule has 2 aliphatic rings. The van der Waals surface area contributed by atoms with Crippen LogP contribution in [0.3, 0.4) is 0 Å². The van der Waals surface area contributed by atoms with Gasteiger partial charge in [-0.25, -0.2) is 4.79 Å². The lowest BCUT2D eigenvalue weighted by atomic mass is 9.95. The normalized spacial score (nSPS) is 28.4. The van der Waals surface area contributed by atoms with Crippen molar-refractivity contribution in [3.05, 3.63) is 0 Å². The molecule has 0 aromatic carbocycles. The van der Waals surface area contributed by atoms with Gasteiger partial charge in [-0.3, -0.25) is 4.79 Å². The number of nitrogens with zero attached hydrogens (tertiary/aromatic N) is 1. The van der Waals surface area contributed by atoms with E-state index in [4.69, 9.17) is 9.84 Å². The highest BCUT2D eigenvalue weighted by atomic mass is 16.5. The second kappa shape index (κ2) is 3.70. The number of likely N-dealkylation sites (tertiary alicyclic amines) is 1. The van der Waals surface area contributed by atoms with E-state index in [0.29, 0.717) is 13.1 Å². The van der Waals surface area contributed by atoms with E-state index < -0.39 is 11.6 Å². The van der Waals surface area contributed by atoms with E-state index in [1.165, 1.54) is 0 Å². The van der Waals surface area contributed by atoms with E-state index in [2.05, 4.69) is 13.8 Å². The van der Waals surface area contributed by atoms with Crippen molar-refractivity contribution in [1.29, 1.82) is 0 Å². The maximum atomic E-state index is 12.0. The summed E-state index contributed by atoms with van der Waals surface area (Å²) in [6.07, 6.45) is 0.953. The summed E-state index contributed by atoms with van der Waals surface area (Å²) < 4.78 is 5.27. The fourth-order valence-electron chi connectivity index (χ4n) is 2.35. The first kappa shape index (κ1) is 12.4. The van der Waals surface area contributed by atoms with Crippen LogP contribution in [-0.2, 0) is 14.3 Å². The third-order valence-electron chi connectivity index (χ3n) is 3.72. The third-order valence-corrected chi connectivity index (χ3v) is 3.72.